The molecular formula is C13H25NO3S. The fourth-order valence-electron chi connectivity index (χ4n) is 3.20. The van der Waals surface area contributed by atoms with Gasteiger partial charge in [0.25, 0.3) is 0 Å². The monoisotopic (exact) mass is 275 g/mol. The first-order valence-corrected chi connectivity index (χ1v) is 9.06. The molecule has 4 nitrogen and oxygen atoms in total. The van der Waals surface area contributed by atoms with Gasteiger partial charge in [0.1, 0.15) is 0 Å². The Hall–Kier alpha value is -0.130. The van der Waals surface area contributed by atoms with Gasteiger partial charge in [0.15, 0.2) is 9.84 Å². The molecule has 2 unspecified atom stereocenters. The summed E-state index contributed by atoms with van der Waals surface area (Å²) in [4.78, 5) is 0. The molecule has 0 radical (unpaired) electrons. The van der Waals surface area contributed by atoms with Crippen molar-refractivity contribution in [1.82, 2.24) is 5.32 Å². The van der Waals surface area contributed by atoms with Crippen LogP contribution >= 0.6 is 0 Å². The second-order valence-electron chi connectivity index (χ2n) is 5.64. The lowest BCUT2D eigenvalue weighted by Crippen LogP contribution is -2.41. The van der Waals surface area contributed by atoms with Crippen molar-refractivity contribution in [3.8, 4) is 0 Å². The number of hydrogen-bond donors (Lipinski definition) is 1. The van der Waals surface area contributed by atoms with Crippen LogP contribution in [-0.4, -0.2) is 45.2 Å². The third-order valence-electron chi connectivity index (χ3n) is 4.17. The zero-order chi connectivity index (χ0) is 13.0. The highest BCUT2D eigenvalue weighted by Crippen LogP contribution is 2.25. The summed E-state index contributed by atoms with van der Waals surface area (Å²) in [7, 11) is -2.91. The summed E-state index contributed by atoms with van der Waals surface area (Å²) in [5.74, 6) is 0. The van der Waals surface area contributed by atoms with Crippen molar-refractivity contribution < 1.29 is 13.2 Å². The van der Waals surface area contributed by atoms with E-state index in [1.54, 1.807) is 0 Å². The van der Waals surface area contributed by atoms with Crippen molar-refractivity contribution in [2.45, 2.75) is 62.3 Å². The van der Waals surface area contributed by atoms with Crippen molar-refractivity contribution in [3.63, 3.8) is 0 Å². The Morgan fingerprint density at radius 3 is 2.50 bits per heavy atom. The van der Waals surface area contributed by atoms with Gasteiger partial charge in [-0.3, -0.25) is 0 Å². The molecule has 5 heteroatoms. The first-order chi connectivity index (χ1) is 8.57. The normalized spacial score (nSPS) is 30.1. The highest BCUT2D eigenvalue weighted by Gasteiger charge is 2.34. The molecule has 106 valence electrons. The number of sulfone groups is 1. The molecule has 0 heterocycles. The van der Waals surface area contributed by atoms with Crippen LogP contribution in [0.2, 0.25) is 0 Å². The van der Waals surface area contributed by atoms with Crippen molar-refractivity contribution in [2.24, 2.45) is 0 Å². The lowest BCUT2D eigenvalue weighted by atomic mass is 10.2. The van der Waals surface area contributed by atoms with Crippen molar-refractivity contribution in [3.05, 3.63) is 0 Å². The second-order valence-corrected chi connectivity index (χ2v) is 7.90. The van der Waals surface area contributed by atoms with Crippen LogP contribution in [-0.2, 0) is 14.6 Å². The van der Waals surface area contributed by atoms with Gasteiger partial charge in [-0.25, -0.2) is 8.42 Å². The predicted molar refractivity (Wildman–Crippen MR) is 72.5 cm³/mol. The molecular weight excluding hydrogens is 250 g/mol. The van der Waals surface area contributed by atoms with E-state index in [2.05, 4.69) is 5.32 Å². The van der Waals surface area contributed by atoms with E-state index in [1.807, 2.05) is 0 Å². The fourth-order valence-corrected chi connectivity index (χ4v) is 4.62. The van der Waals surface area contributed by atoms with Gasteiger partial charge in [-0.05, 0) is 25.7 Å². The summed E-state index contributed by atoms with van der Waals surface area (Å²) in [5.41, 5.74) is 0. The topological polar surface area (TPSA) is 55.4 Å². The second kappa shape index (κ2) is 6.35. The minimum atomic E-state index is -2.91. The van der Waals surface area contributed by atoms with Crippen LogP contribution in [0, 0.1) is 0 Å². The molecule has 0 aromatic heterocycles. The molecule has 2 saturated carbocycles. The molecule has 2 atom stereocenters. The Balaban J connectivity index is 1.66. The smallest absolute Gasteiger partial charge is 0.151 e. The van der Waals surface area contributed by atoms with Gasteiger partial charge in [0.05, 0.1) is 18.0 Å². The van der Waals surface area contributed by atoms with Crippen LogP contribution in [0.3, 0.4) is 0 Å². The molecule has 2 aliphatic rings. The first-order valence-electron chi connectivity index (χ1n) is 7.11. The van der Waals surface area contributed by atoms with Gasteiger partial charge < -0.3 is 10.1 Å². The van der Waals surface area contributed by atoms with Gasteiger partial charge in [0.2, 0.25) is 0 Å². The molecule has 0 bridgehead atoms. The number of hydrogen-bond acceptors (Lipinski definition) is 4. The van der Waals surface area contributed by atoms with E-state index in [-0.39, 0.29) is 11.3 Å². The quantitative estimate of drug-likeness (QED) is 0.746. The van der Waals surface area contributed by atoms with Gasteiger partial charge in [-0.2, -0.15) is 0 Å². The summed E-state index contributed by atoms with van der Waals surface area (Å²) in [6.07, 6.45) is 9.55. The van der Waals surface area contributed by atoms with Gasteiger partial charge in [0, 0.05) is 18.8 Å². The van der Waals surface area contributed by atoms with E-state index in [9.17, 15) is 8.42 Å². The molecule has 0 aliphatic heterocycles. The van der Waals surface area contributed by atoms with E-state index < -0.39 is 9.84 Å². The minimum Gasteiger partial charge on any atom is -0.377 e. The van der Waals surface area contributed by atoms with Crippen LogP contribution < -0.4 is 5.32 Å². The lowest BCUT2D eigenvalue weighted by molar-refractivity contribution is 0.0592. The van der Waals surface area contributed by atoms with E-state index >= 15 is 0 Å². The third-order valence-corrected chi connectivity index (χ3v) is 5.83. The van der Waals surface area contributed by atoms with Crippen molar-refractivity contribution in [1.29, 1.82) is 0 Å². The van der Waals surface area contributed by atoms with Gasteiger partial charge in [-0.1, -0.05) is 19.3 Å². The molecule has 2 aliphatic carbocycles. The van der Waals surface area contributed by atoms with E-state index in [1.165, 1.54) is 31.9 Å². The van der Waals surface area contributed by atoms with Gasteiger partial charge in [-0.15, -0.1) is 0 Å². The molecule has 0 spiro atoms. The molecule has 2 fully saturated rings. The zero-order valence-corrected chi connectivity index (χ0v) is 12.0. The average molecular weight is 275 g/mol. The summed E-state index contributed by atoms with van der Waals surface area (Å²) >= 11 is 0. The predicted octanol–water partition coefficient (Wildman–Crippen LogP) is 1.50. The minimum absolute atomic E-state index is 0.132. The summed E-state index contributed by atoms with van der Waals surface area (Å²) < 4.78 is 29.0. The third kappa shape index (κ3) is 3.93. The number of ether oxygens (including phenoxy) is 1. The maximum atomic E-state index is 11.6. The Bertz CT molecular complexity index is 349. The molecule has 0 saturated heterocycles. The largest absolute Gasteiger partial charge is 0.377 e. The van der Waals surface area contributed by atoms with Crippen molar-refractivity contribution in [2.75, 3.05) is 19.4 Å². The zero-order valence-electron chi connectivity index (χ0n) is 11.2. The Morgan fingerprint density at radius 1 is 1.11 bits per heavy atom. The Morgan fingerprint density at radius 2 is 1.83 bits per heavy atom. The highest BCUT2D eigenvalue weighted by molar-refractivity contribution is 7.91. The maximum Gasteiger partial charge on any atom is 0.151 e. The van der Waals surface area contributed by atoms with E-state index in [0.29, 0.717) is 12.7 Å². The van der Waals surface area contributed by atoms with E-state index in [4.69, 9.17) is 4.74 Å². The molecule has 2 rings (SSSR count). The Labute approximate surface area is 110 Å². The van der Waals surface area contributed by atoms with Crippen molar-refractivity contribution >= 4 is 9.84 Å². The standard InChI is InChI=1S/C13H25NO3S/c1-18(15,16)13-8-4-7-12(13)14-9-10-17-11-5-2-3-6-11/h11-14H,2-10H2,1H3. The number of nitrogens with one attached hydrogen (secondary N) is 1. The van der Waals surface area contributed by atoms with Gasteiger partial charge >= 0.3 is 0 Å². The van der Waals surface area contributed by atoms with E-state index in [0.717, 1.165) is 25.8 Å². The molecule has 18 heavy (non-hydrogen) atoms. The first kappa shape index (κ1) is 14.3. The SMILES string of the molecule is CS(=O)(=O)C1CCCC1NCCOC1CCCC1. The number of rotatable bonds is 6. The Kier molecular flexibility index (Phi) is 5.04. The fraction of sp³-hybridized carbons (Fsp3) is 1.00. The summed E-state index contributed by atoms with van der Waals surface area (Å²) in [5, 5.41) is 3.17. The lowest BCUT2D eigenvalue weighted by Gasteiger charge is -2.20. The van der Waals surface area contributed by atoms with Crippen LogP contribution in [0.1, 0.15) is 44.9 Å². The summed E-state index contributed by atoms with van der Waals surface area (Å²) in [6.45, 7) is 1.48. The molecule has 0 aromatic carbocycles. The maximum absolute atomic E-state index is 11.6. The highest BCUT2D eigenvalue weighted by atomic mass is 32.2. The van der Waals surface area contributed by atoms with Crippen LogP contribution in [0.4, 0.5) is 0 Å². The molecule has 1 N–H and O–H groups in total. The molecule has 0 aromatic rings. The average Bonchev–Trinajstić information content (AvgIpc) is 2.94. The van der Waals surface area contributed by atoms with Crippen LogP contribution in [0.15, 0.2) is 0 Å². The van der Waals surface area contributed by atoms with Crippen LogP contribution in [0.25, 0.3) is 0 Å². The molecule has 0 amide bonds. The summed E-state index contributed by atoms with van der Waals surface area (Å²) in [6, 6.07) is 0.132. The van der Waals surface area contributed by atoms with Crippen LogP contribution in [0.5, 0.6) is 0 Å².